The molecule has 0 unspecified atom stereocenters. The minimum absolute atomic E-state index is 0.00530. The number of carbonyl (C=O) groups is 1. The maximum atomic E-state index is 12.5. The van der Waals surface area contributed by atoms with Crippen molar-refractivity contribution in [1.82, 2.24) is 4.90 Å². The summed E-state index contributed by atoms with van der Waals surface area (Å²) >= 11 is 0. The SMILES string of the molecule is O=C(C1CCC1)N1CC[C@](O)(C(F)(F)F)C1. The van der Waals surface area contributed by atoms with Gasteiger partial charge in [0.25, 0.3) is 0 Å². The second-order valence-corrected chi connectivity index (χ2v) is 4.67. The molecule has 1 amide bonds. The summed E-state index contributed by atoms with van der Waals surface area (Å²) < 4.78 is 37.5. The number of alkyl halides is 3. The number of likely N-dealkylation sites (tertiary alicyclic amines) is 1. The Morgan fingerprint density at radius 2 is 2.00 bits per heavy atom. The Morgan fingerprint density at radius 3 is 2.38 bits per heavy atom. The lowest BCUT2D eigenvalue weighted by atomic mass is 9.84. The molecule has 3 nitrogen and oxygen atoms in total. The number of rotatable bonds is 1. The van der Waals surface area contributed by atoms with Crippen molar-refractivity contribution in [2.45, 2.75) is 37.5 Å². The van der Waals surface area contributed by atoms with Crippen molar-refractivity contribution in [2.24, 2.45) is 5.92 Å². The van der Waals surface area contributed by atoms with E-state index in [1.807, 2.05) is 0 Å². The van der Waals surface area contributed by atoms with E-state index in [4.69, 9.17) is 0 Å². The number of hydrogen-bond donors (Lipinski definition) is 1. The summed E-state index contributed by atoms with van der Waals surface area (Å²) in [6, 6.07) is 0. The van der Waals surface area contributed by atoms with Gasteiger partial charge in [-0.3, -0.25) is 4.79 Å². The predicted molar refractivity (Wildman–Crippen MR) is 49.5 cm³/mol. The van der Waals surface area contributed by atoms with Crippen LogP contribution >= 0.6 is 0 Å². The number of halogens is 3. The molecule has 0 spiro atoms. The average Bonchev–Trinajstić information content (AvgIpc) is 2.44. The van der Waals surface area contributed by atoms with Gasteiger partial charge in [-0.1, -0.05) is 6.42 Å². The minimum Gasteiger partial charge on any atom is -0.379 e. The Hall–Kier alpha value is -0.780. The zero-order chi connectivity index (χ0) is 12.0. The standard InChI is InChI=1S/C10H14F3NO2/c11-10(12,13)9(16)4-5-14(6-9)8(15)7-2-1-3-7/h7,16H,1-6H2/t9-/m1/s1. The molecule has 6 heteroatoms. The summed E-state index contributed by atoms with van der Waals surface area (Å²) in [6.45, 7) is -0.600. The number of β-amino-alcohol motifs (C(OH)–C–C–N with tert-alkyl or cyclic N) is 1. The molecule has 1 saturated heterocycles. The van der Waals surface area contributed by atoms with Gasteiger partial charge in [0, 0.05) is 18.9 Å². The van der Waals surface area contributed by atoms with Gasteiger partial charge in [-0.05, 0) is 12.8 Å². The third kappa shape index (κ3) is 1.79. The molecule has 0 bridgehead atoms. The zero-order valence-corrected chi connectivity index (χ0v) is 8.76. The van der Waals surface area contributed by atoms with Gasteiger partial charge >= 0.3 is 6.18 Å². The van der Waals surface area contributed by atoms with Gasteiger partial charge in [0.05, 0.1) is 6.54 Å². The first kappa shape index (κ1) is 11.7. The average molecular weight is 237 g/mol. The molecule has 0 radical (unpaired) electrons. The van der Waals surface area contributed by atoms with Crippen LogP contribution in [0.3, 0.4) is 0 Å². The Kier molecular flexibility index (Phi) is 2.64. The third-order valence-corrected chi connectivity index (χ3v) is 3.54. The summed E-state index contributed by atoms with van der Waals surface area (Å²) in [7, 11) is 0. The Labute approximate surface area is 91.2 Å². The van der Waals surface area contributed by atoms with Crippen LogP contribution in [0.4, 0.5) is 13.2 Å². The van der Waals surface area contributed by atoms with Crippen LogP contribution in [0.1, 0.15) is 25.7 Å². The molecular weight excluding hydrogens is 223 g/mol. The van der Waals surface area contributed by atoms with Gasteiger partial charge in [-0.15, -0.1) is 0 Å². The molecule has 1 N–H and O–H groups in total. The van der Waals surface area contributed by atoms with E-state index in [0.29, 0.717) is 0 Å². The van der Waals surface area contributed by atoms with Gasteiger partial charge < -0.3 is 10.0 Å². The van der Waals surface area contributed by atoms with Crippen LogP contribution in [0.15, 0.2) is 0 Å². The molecule has 1 heterocycles. The molecule has 1 atom stereocenters. The maximum Gasteiger partial charge on any atom is 0.419 e. The van der Waals surface area contributed by atoms with Crippen LogP contribution in [0.25, 0.3) is 0 Å². The van der Waals surface area contributed by atoms with E-state index in [0.717, 1.165) is 24.2 Å². The molecule has 1 aliphatic carbocycles. The van der Waals surface area contributed by atoms with E-state index >= 15 is 0 Å². The van der Waals surface area contributed by atoms with Gasteiger partial charge in [-0.2, -0.15) is 13.2 Å². The highest BCUT2D eigenvalue weighted by Gasteiger charge is 2.58. The van der Waals surface area contributed by atoms with E-state index in [-0.39, 0.29) is 18.4 Å². The first-order valence-corrected chi connectivity index (χ1v) is 5.41. The number of carbonyl (C=O) groups excluding carboxylic acids is 1. The van der Waals surface area contributed by atoms with Crippen molar-refractivity contribution in [3.05, 3.63) is 0 Å². The van der Waals surface area contributed by atoms with Crippen LogP contribution in [-0.4, -0.2) is 40.8 Å². The summed E-state index contributed by atoms with van der Waals surface area (Å²) in [5.74, 6) is -0.345. The number of hydrogen-bond acceptors (Lipinski definition) is 2. The highest BCUT2D eigenvalue weighted by molar-refractivity contribution is 5.80. The van der Waals surface area contributed by atoms with Gasteiger partial charge in [-0.25, -0.2) is 0 Å². The lowest BCUT2D eigenvalue weighted by molar-refractivity contribution is -0.253. The number of nitrogens with zero attached hydrogens (tertiary/aromatic N) is 1. The van der Waals surface area contributed by atoms with Crippen LogP contribution in [0.5, 0.6) is 0 Å². The lowest BCUT2D eigenvalue weighted by Gasteiger charge is -2.30. The van der Waals surface area contributed by atoms with Crippen LogP contribution in [-0.2, 0) is 4.79 Å². The summed E-state index contributed by atoms with van der Waals surface area (Å²) in [5, 5.41) is 9.40. The highest BCUT2D eigenvalue weighted by Crippen LogP contribution is 2.39. The Balaban J connectivity index is 1.99. The maximum absolute atomic E-state index is 12.5. The molecule has 16 heavy (non-hydrogen) atoms. The highest BCUT2D eigenvalue weighted by atomic mass is 19.4. The van der Waals surface area contributed by atoms with Crippen LogP contribution in [0, 0.1) is 5.92 Å². The van der Waals surface area contributed by atoms with E-state index in [1.54, 1.807) is 0 Å². The van der Waals surface area contributed by atoms with Crippen molar-refractivity contribution in [3.63, 3.8) is 0 Å². The molecule has 2 aliphatic rings. The van der Waals surface area contributed by atoms with Crippen LogP contribution in [0.2, 0.25) is 0 Å². The molecule has 2 fully saturated rings. The summed E-state index contributed by atoms with van der Waals surface area (Å²) in [4.78, 5) is 12.8. The minimum atomic E-state index is -4.65. The first-order valence-electron chi connectivity index (χ1n) is 5.41. The molecule has 1 aliphatic heterocycles. The molecule has 2 rings (SSSR count). The molecule has 92 valence electrons. The zero-order valence-electron chi connectivity index (χ0n) is 8.76. The fourth-order valence-electron chi connectivity index (χ4n) is 2.13. The largest absolute Gasteiger partial charge is 0.419 e. The van der Waals surface area contributed by atoms with Crippen molar-refractivity contribution >= 4 is 5.91 Å². The fourth-order valence-corrected chi connectivity index (χ4v) is 2.13. The van der Waals surface area contributed by atoms with Crippen molar-refractivity contribution in [1.29, 1.82) is 0 Å². The van der Waals surface area contributed by atoms with E-state index in [9.17, 15) is 23.1 Å². The lowest BCUT2D eigenvalue weighted by Crippen LogP contribution is -2.49. The molecule has 0 aromatic rings. The van der Waals surface area contributed by atoms with Crippen LogP contribution < -0.4 is 0 Å². The van der Waals surface area contributed by atoms with Gasteiger partial charge in [0.2, 0.25) is 5.91 Å². The van der Waals surface area contributed by atoms with Gasteiger partial charge in [0.1, 0.15) is 0 Å². The van der Waals surface area contributed by atoms with Gasteiger partial charge in [0.15, 0.2) is 5.60 Å². The number of amides is 1. The normalized spacial score (nSPS) is 31.6. The van der Waals surface area contributed by atoms with Crippen molar-refractivity contribution < 1.29 is 23.1 Å². The quantitative estimate of drug-likeness (QED) is 0.747. The molecular formula is C10H14F3NO2. The smallest absolute Gasteiger partial charge is 0.379 e. The number of aliphatic hydroxyl groups is 1. The molecule has 1 saturated carbocycles. The van der Waals surface area contributed by atoms with E-state index in [2.05, 4.69) is 0 Å². The molecule has 0 aromatic heterocycles. The molecule has 0 aromatic carbocycles. The Bertz CT molecular complexity index is 301. The topological polar surface area (TPSA) is 40.5 Å². The second-order valence-electron chi connectivity index (χ2n) is 4.67. The van der Waals surface area contributed by atoms with Crippen molar-refractivity contribution in [3.8, 4) is 0 Å². The summed E-state index contributed by atoms with van der Waals surface area (Å²) in [5.41, 5.74) is -2.70. The predicted octanol–water partition coefficient (Wildman–Crippen LogP) is 1.31. The summed E-state index contributed by atoms with van der Waals surface area (Å²) in [6.07, 6.45) is -2.57. The first-order chi connectivity index (χ1) is 7.33. The third-order valence-electron chi connectivity index (χ3n) is 3.54. The second kappa shape index (κ2) is 3.61. The van der Waals surface area contributed by atoms with E-state index < -0.39 is 24.7 Å². The monoisotopic (exact) mass is 237 g/mol. The van der Waals surface area contributed by atoms with Crippen molar-refractivity contribution in [2.75, 3.05) is 13.1 Å². The Morgan fingerprint density at radius 1 is 1.38 bits per heavy atom. The van der Waals surface area contributed by atoms with E-state index in [1.165, 1.54) is 0 Å². The fraction of sp³-hybridized carbons (Fsp3) is 0.900.